The van der Waals surface area contributed by atoms with Crippen LogP contribution in [0.4, 0.5) is 5.69 Å². The number of carbonyl (C=O) groups excluding carboxylic acids is 3. The van der Waals surface area contributed by atoms with E-state index in [1.807, 2.05) is 37.2 Å². The SMILES string of the molecule is CN(C)c1cccc(C(=O)NNC(=O)C2CCCN2C(=O)c2ccc3ccccc3c2O)c1. The standard InChI is InChI=1S/C25H26N4O4/c1-28(2)18-9-5-8-17(15-18)23(31)26-27-24(32)21-11-6-14-29(21)25(33)20-13-12-16-7-3-4-10-19(16)22(20)30/h3-5,7-10,12-13,15,21,30H,6,11,14H2,1-2H3,(H,26,31)(H,27,32). The number of fused-ring (bicyclic) bond motifs is 1. The molecule has 33 heavy (non-hydrogen) atoms. The molecule has 1 aliphatic heterocycles. The number of amides is 3. The third-order valence-corrected chi connectivity index (χ3v) is 5.87. The minimum Gasteiger partial charge on any atom is -0.506 e. The van der Waals surface area contributed by atoms with Gasteiger partial charge in [0.2, 0.25) is 0 Å². The fourth-order valence-corrected chi connectivity index (χ4v) is 4.06. The maximum Gasteiger partial charge on any atom is 0.269 e. The van der Waals surface area contributed by atoms with Crippen molar-refractivity contribution in [2.24, 2.45) is 0 Å². The van der Waals surface area contributed by atoms with E-state index in [0.29, 0.717) is 30.3 Å². The van der Waals surface area contributed by atoms with Gasteiger partial charge in [0.25, 0.3) is 17.7 Å². The second kappa shape index (κ2) is 9.20. The van der Waals surface area contributed by atoms with E-state index < -0.39 is 23.8 Å². The Hall–Kier alpha value is -4.07. The van der Waals surface area contributed by atoms with Crippen molar-refractivity contribution in [1.82, 2.24) is 15.8 Å². The van der Waals surface area contributed by atoms with Crippen LogP contribution in [0.2, 0.25) is 0 Å². The number of phenolic OH excluding ortho intramolecular Hbond substituents is 1. The number of hydrogen-bond donors (Lipinski definition) is 3. The Morgan fingerprint density at radius 2 is 1.79 bits per heavy atom. The molecule has 1 heterocycles. The van der Waals surface area contributed by atoms with Crippen molar-refractivity contribution < 1.29 is 19.5 Å². The molecule has 3 aromatic rings. The van der Waals surface area contributed by atoms with E-state index in [4.69, 9.17) is 0 Å². The summed E-state index contributed by atoms with van der Waals surface area (Å²) in [6.07, 6.45) is 1.12. The molecule has 0 saturated carbocycles. The van der Waals surface area contributed by atoms with Crippen molar-refractivity contribution in [2.45, 2.75) is 18.9 Å². The monoisotopic (exact) mass is 446 g/mol. The third kappa shape index (κ3) is 4.45. The van der Waals surface area contributed by atoms with Crippen LogP contribution in [0.15, 0.2) is 60.7 Å². The number of benzene rings is 3. The van der Waals surface area contributed by atoms with Crippen LogP contribution < -0.4 is 15.8 Å². The highest BCUT2D eigenvalue weighted by molar-refractivity contribution is 6.05. The molecule has 3 amide bonds. The molecule has 1 atom stereocenters. The van der Waals surface area contributed by atoms with Gasteiger partial charge in [0, 0.05) is 37.3 Å². The summed E-state index contributed by atoms with van der Waals surface area (Å²) in [6.45, 7) is 0.391. The maximum atomic E-state index is 13.2. The zero-order valence-electron chi connectivity index (χ0n) is 18.5. The predicted molar refractivity (Wildman–Crippen MR) is 126 cm³/mol. The first kappa shape index (κ1) is 22.1. The molecule has 3 aromatic carbocycles. The van der Waals surface area contributed by atoms with Crippen LogP contribution in [0.3, 0.4) is 0 Å². The molecule has 1 aliphatic rings. The van der Waals surface area contributed by atoms with E-state index >= 15 is 0 Å². The highest BCUT2D eigenvalue weighted by Gasteiger charge is 2.35. The van der Waals surface area contributed by atoms with E-state index in [2.05, 4.69) is 10.9 Å². The Kier molecular flexibility index (Phi) is 6.17. The van der Waals surface area contributed by atoms with Gasteiger partial charge in [0.15, 0.2) is 0 Å². The van der Waals surface area contributed by atoms with Crippen molar-refractivity contribution in [2.75, 3.05) is 25.5 Å². The van der Waals surface area contributed by atoms with Gasteiger partial charge in [-0.05, 0) is 42.5 Å². The molecular formula is C25H26N4O4. The first-order valence-corrected chi connectivity index (χ1v) is 10.8. The fraction of sp³-hybridized carbons (Fsp3) is 0.240. The summed E-state index contributed by atoms with van der Waals surface area (Å²) in [7, 11) is 3.75. The molecule has 170 valence electrons. The summed E-state index contributed by atoms with van der Waals surface area (Å²) in [5.41, 5.74) is 6.29. The number of hydrazine groups is 1. The Morgan fingerprint density at radius 3 is 2.58 bits per heavy atom. The van der Waals surface area contributed by atoms with E-state index in [-0.39, 0.29) is 11.3 Å². The van der Waals surface area contributed by atoms with Crippen LogP contribution in [0.25, 0.3) is 10.8 Å². The molecule has 1 saturated heterocycles. The van der Waals surface area contributed by atoms with Crippen LogP contribution in [0.1, 0.15) is 33.6 Å². The van der Waals surface area contributed by atoms with E-state index in [0.717, 1.165) is 11.1 Å². The number of likely N-dealkylation sites (tertiary alicyclic amines) is 1. The van der Waals surface area contributed by atoms with Crippen LogP contribution in [0.5, 0.6) is 5.75 Å². The topological polar surface area (TPSA) is 102 Å². The van der Waals surface area contributed by atoms with Crippen LogP contribution in [-0.2, 0) is 4.79 Å². The summed E-state index contributed by atoms with van der Waals surface area (Å²) >= 11 is 0. The number of nitrogens with one attached hydrogen (secondary N) is 2. The van der Waals surface area contributed by atoms with Gasteiger partial charge in [-0.25, -0.2) is 0 Å². The average Bonchev–Trinajstić information content (AvgIpc) is 3.32. The summed E-state index contributed by atoms with van der Waals surface area (Å²) in [5.74, 6) is -1.44. The van der Waals surface area contributed by atoms with E-state index in [1.165, 1.54) is 4.90 Å². The third-order valence-electron chi connectivity index (χ3n) is 5.87. The van der Waals surface area contributed by atoms with Gasteiger partial charge < -0.3 is 14.9 Å². The highest BCUT2D eigenvalue weighted by atomic mass is 16.3. The lowest BCUT2D eigenvalue weighted by Gasteiger charge is -2.24. The first-order valence-electron chi connectivity index (χ1n) is 10.8. The number of carbonyl (C=O) groups is 3. The van der Waals surface area contributed by atoms with Crippen LogP contribution in [-0.4, -0.2) is 54.4 Å². The zero-order valence-corrected chi connectivity index (χ0v) is 18.5. The Balaban J connectivity index is 1.45. The zero-order chi connectivity index (χ0) is 23.5. The predicted octanol–water partition coefficient (Wildman–Crippen LogP) is 2.68. The lowest BCUT2D eigenvalue weighted by atomic mass is 10.0. The van der Waals surface area contributed by atoms with Gasteiger partial charge in [-0.15, -0.1) is 0 Å². The smallest absolute Gasteiger partial charge is 0.269 e. The normalized spacial score (nSPS) is 15.3. The molecular weight excluding hydrogens is 420 g/mol. The second-order valence-electron chi connectivity index (χ2n) is 8.23. The summed E-state index contributed by atoms with van der Waals surface area (Å²) in [5, 5.41) is 12.1. The van der Waals surface area contributed by atoms with Crippen molar-refractivity contribution in [1.29, 1.82) is 0 Å². The van der Waals surface area contributed by atoms with E-state index in [1.54, 1.807) is 42.5 Å². The van der Waals surface area contributed by atoms with Gasteiger partial charge in [0.1, 0.15) is 11.8 Å². The molecule has 0 aliphatic carbocycles. The van der Waals surface area contributed by atoms with Gasteiger partial charge in [0.05, 0.1) is 5.56 Å². The van der Waals surface area contributed by atoms with Gasteiger partial charge >= 0.3 is 0 Å². The lowest BCUT2D eigenvalue weighted by Crippen LogP contribution is -2.51. The highest BCUT2D eigenvalue weighted by Crippen LogP contribution is 2.31. The second-order valence-corrected chi connectivity index (χ2v) is 8.23. The number of aromatic hydroxyl groups is 1. The van der Waals surface area contributed by atoms with Gasteiger partial charge in [-0.3, -0.25) is 25.2 Å². The molecule has 1 unspecified atom stereocenters. The first-order chi connectivity index (χ1) is 15.9. The molecule has 4 rings (SSSR count). The lowest BCUT2D eigenvalue weighted by molar-refractivity contribution is -0.125. The number of anilines is 1. The molecule has 0 bridgehead atoms. The van der Waals surface area contributed by atoms with Crippen LogP contribution in [0, 0.1) is 0 Å². The quantitative estimate of drug-likeness (QED) is 0.535. The molecule has 0 aromatic heterocycles. The van der Waals surface area contributed by atoms with E-state index in [9.17, 15) is 19.5 Å². The molecule has 0 radical (unpaired) electrons. The number of hydrogen-bond acceptors (Lipinski definition) is 5. The molecule has 8 heteroatoms. The van der Waals surface area contributed by atoms with Crippen molar-refractivity contribution in [3.8, 4) is 5.75 Å². The number of nitrogens with zero attached hydrogens (tertiary/aromatic N) is 2. The Morgan fingerprint density at radius 1 is 1.00 bits per heavy atom. The minimum atomic E-state index is -0.739. The van der Waals surface area contributed by atoms with Crippen molar-refractivity contribution in [3.05, 3.63) is 71.8 Å². The van der Waals surface area contributed by atoms with Gasteiger partial charge in [-0.1, -0.05) is 36.4 Å². The molecule has 1 fully saturated rings. The Labute approximate surface area is 191 Å². The fourth-order valence-electron chi connectivity index (χ4n) is 4.06. The summed E-state index contributed by atoms with van der Waals surface area (Å²) in [4.78, 5) is 41.8. The van der Waals surface area contributed by atoms with Gasteiger partial charge in [-0.2, -0.15) is 0 Å². The maximum absolute atomic E-state index is 13.2. The molecule has 8 nitrogen and oxygen atoms in total. The minimum absolute atomic E-state index is 0.0989. The van der Waals surface area contributed by atoms with Crippen molar-refractivity contribution in [3.63, 3.8) is 0 Å². The summed E-state index contributed by atoms with van der Waals surface area (Å²) in [6, 6.07) is 16.9. The van der Waals surface area contributed by atoms with Crippen LogP contribution >= 0.6 is 0 Å². The average molecular weight is 447 g/mol. The molecule has 3 N–H and O–H groups in total. The number of rotatable bonds is 4. The molecule has 0 spiro atoms. The summed E-state index contributed by atoms with van der Waals surface area (Å²) < 4.78 is 0. The largest absolute Gasteiger partial charge is 0.506 e. The Bertz CT molecular complexity index is 1220. The number of phenols is 1. The van der Waals surface area contributed by atoms with Crippen molar-refractivity contribution >= 4 is 34.2 Å².